The number of aliphatic hydroxyl groups excluding tert-OH is 1. The van der Waals surface area contributed by atoms with E-state index in [1.54, 1.807) is 43.3 Å². The molecular weight excluding hydrogens is 338 g/mol. The Morgan fingerprint density at radius 1 is 1.33 bits per heavy atom. The molecular formula is C15H14BrNO4. The predicted molar refractivity (Wildman–Crippen MR) is 82.2 cm³/mol. The molecule has 1 N–H and O–H groups in total. The lowest BCUT2D eigenvalue weighted by Crippen LogP contribution is -2.00. The average molecular weight is 352 g/mol. The van der Waals surface area contributed by atoms with Crippen molar-refractivity contribution in [2.75, 3.05) is 0 Å². The number of ether oxygens (including phenoxy) is 1. The van der Waals surface area contributed by atoms with Crippen molar-refractivity contribution in [2.45, 2.75) is 19.6 Å². The van der Waals surface area contributed by atoms with Gasteiger partial charge in [0.15, 0.2) is 0 Å². The Balaban J connectivity index is 2.15. The lowest BCUT2D eigenvalue weighted by Gasteiger charge is -2.10. The molecule has 0 aliphatic carbocycles. The molecule has 0 radical (unpaired) electrons. The zero-order valence-corrected chi connectivity index (χ0v) is 12.9. The van der Waals surface area contributed by atoms with E-state index in [9.17, 15) is 15.2 Å². The molecule has 0 spiro atoms. The van der Waals surface area contributed by atoms with Gasteiger partial charge in [-0.25, -0.2) is 0 Å². The smallest absolute Gasteiger partial charge is 0.283 e. The minimum Gasteiger partial charge on any atom is -0.489 e. The van der Waals surface area contributed by atoms with Crippen LogP contribution in [0.15, 0.2) is 46.9 Å². The molecule has 110 valence electrons. The molecule has 0 aromatic heterocycles. The summed E-state index contributed by atoms with van der Waals surface area (Å²) in [5.41, 5.74) is 1.45. The maximum atomic E-state index is 10.9. The molecule has 21 heavy (non-hydrogen) atoms. The van der Waals surface area contributed by atoms with Gasteiger partial charge in [-0.1, -0.05) is 24.3 Å². The van der Waals surface area contributed by atoms with E-state index in [4.69, 9.17) is 4.74 Å². The van der Waals surface area contributed by atoms with Gasteiger partial charge in [0.2, 0.25) is 0 Å². The molecule has 0 fully saturated rings. The average Bonchev–Trinajstić information content (AvgIpc) is 2.46. The van der Waals surface area contributed by atoms with E-state index in [1.807, 2.05) is 0 Å². The molecule has 0 saturated heterocycles. The molecule has 0 aliphatic heterocycles. The molecule has 2 aromatic rings. The van der Waals surface area contributed by atoms with Crippen LogP contribution in [0.3, 0.4) is 0 Å². The topological polar surface area (TPSA) is 72.6 Å². The van der Waals surface area contributed by atoms with E-state index in [0.717, 1.165) is 5.56 Å². The fourth-order valence-corrected chi connectivity index (χ4v) is 2.37. The fraction of sp³-hybridized carbons (Fsp3) is 0.200. The van der Waals surface area contributed by atoms with Gasteiger partial charge in [-0.05, 0) is 40.5 Å². The summed E-state index contributed by atoms with van der Waals surface area (Å²) in [5, 5.41) is 20.4. The summed E-state index contributed by atoms with van der Waals surface area (Å²) in [5.74, 6) is 0.604. The van der Waals surface area contributed by atoms with Crippen LogP contribution in [0.25, 0.3) is 0 Å². The van der Waals surface area contributed by atoms with Crippen molar-refractivity contribution in [1.29, 1.82) is 0 Å². The van der Waals surface area contributed by atoms with E-state index < -0.39 is 11.0 Å². The largest absolute Gasteiger partial charge is 0.489 e. The minimum atomic E-state index is -0.571. The van der Waals surface area contributed by atoms with Crippen molar-refractivity contribution >= 4 is 21.6 Å². The normalized spacial score (nSPS) is 12.0. The van der Waals surface area contributed by atoms with Gasteiger partial charge < -0.3 is 9.84 Å². The van der Waals surface area contributed by atoms with E-state index >= 15 is 0 Å². The summed E-state index contributed by atoms with van der Waals surface area (Å²) >= 11 is 3.23. The monoisotopic (exact) mass is 351 g/mol. The van der Waals surface area contributed by atoms with E-state index in [0.29, 0.717) is 15.8 Å². The van der Waals surface area contributed by atoms with Gasteiger partial charge in [0.25, 0.3) is 5.69 Å². The first-order chi connectivity index (χ1) is 9.99. The van der Waals surface area contributed by atoms with Crippen molar-refractivity contribution in [3.8, 4) is 5.75 Å². The highest BCUT2D eigenvalue weighted by Gasteiger charge is 2.15. The number of halogens is 1. The van der Waals surface area contributed by atoms with Crippen LogP contribution < -0.4 is 4.74 Å². The second-order valence-electron chi connectivity index (χ2n) is 4.54. The molecule has 1 atom stereocenters. The Kier molecular flexibility index (Phi) is 4.93. The van der Waals surface area contributed by atoms with Crippen LogP contribution in [0.1, 0.15) is 24.2 Å². The van der Waals surface area contributed by atoms with Crippen molar-refractivity contribution < 1.29 is 14.8 Å². The summed E-state index contributed by atoms with van der Waals surface area (Å²) < 4.78 is 6.05. The quantitative estimate of drug-likeness (QED) is 0.652. The summed E-state index contributed by atoms with van der Waals surface area (Å²) in [6.07, 6.45) is -0.571. The van der Waals surface area contributed by atoms with Gasteiger partial charge in [-0.3, -0.25) is 10.1 Å². The van der Waals surface area contributed by atoms with Gasteiger partial charge >= 0.3 is 0 Å². The van der Waals surface area contributed by atoms with Crippen molar-refractivity contribution in [3.63, 3.8) is 0 Å². The van der Waals surface area contributed by atoms with E-state index in [1.165, 1.54) is 6.07 Å². The van der Waals surface area contributed by atoms with Crippen LogP contribution in [0.2, 0.25) is 0 Å². The second kappa shape index (κ2) is 6.69. The molecule has 1 unspecified atom stereocenters. The molecule has 6 heteroatoms. The number of benzene rings is 2. The summed E-state index contributed by atoms with van der Waals surface area (Å²) in [7, 11) is 0. The van der Waals surface area contributed by atoms with Crippen LogP contribution in [0.4, 0.5) is 5.69 Å². The summed E-state index contributed by atoms with van der Waals surface area (Å²) in [6.45, 7) is 1.88. The number of hydrogen-bond acceptors (Lipinski definition) is 4. The molecule has 0 aliphatic rings. The van der Waals surface area contributed by atoms with Gasteiger partial charge in [-0.15, -0.1) is 0 Å². The molecule has 0 saturated carbocycles. The minimum absolute atomic E-state index is 0.00818. The Hall–Kier alpha value is -1.92. The maximum Gasteiger partial charge on any atom is 0.283 e. The zero-order chi connectivity index (χ0) is 15.4. The first kappa shape index (κ1) is 15.5. The lowest BCUT2D eigenvalue weighted by molar-refractivity contribution is -0.385. The van der Waals surface area contributed by atoms with Crippen LogP contribution in [0.5, 0.6) is 5.75 Å². The SMILES string of the molecule is CC(O)c1cccc(OCc2cccc([N+](=O)[O-])c2Br)c1. The Morgan fingerprint density at radius 3 is 2.71 bits per heavy atom. The number of nitrogens with zero attached hydrogens (tertiary/aromatic N) is 1. The number of nitro groups is 1. The summed E-state index contributed by atoms with van der Waals surface area (Å²) in [4.78, 5) is 10.4. The highest BCUT2D eigenvalue weighted by Crippen LogP contribution is 2.29. The molecule has 0 amide bonds. The second-order valence-corrected chi connectivity index (χ2v) is 5.34. The number of hydrogen-bond donors (Lipinski definition) is 1. The van der Waals surface area contributed by atoms with Gasteiger partial charge in [0, 0.05) is 11.6 Å². The third-order valence-corrected chi connectivity index (χ3v) is 3.91. The Bertz CT molecular complexity index is 658. The van der Waals surface area contributed by atoms with Gasteiger partial charge in [0.1, 0.15) is 16.8 Å². The Morgan fingerprint density at radius 2 is 2.05 bits per heavy atom. The predicted octanol–water partition coefficient (Wildman–Crippen LogP) is 3.99. The molecule has 0 heterocycles. The first-order valence-electron chi connectivity index (χ1n) is 6.31. The highest BCUT2D eigenvalue weighted by molar-refractivity contribution is 9.10. The molecule has 5 nitrogen and oxygen atoms in total. The molecule has 2 rings (SSSR count). The number of nitro benzene ring substituents is 1. The van der Waals surface area contributed by atoms with Crippen molar-refractivity contribution in [3.05, 3.63) is 68.2 Å². The lowest BCUT2D eigenvalue weighted by atomic mass is 10.1. The highest BCUT2D eigenvalue weighted by atomic mass is 79.9. The maximum absolute atomic E-state index is 10.9. The van der Waals surface area contributed by atoms with Crippen LogP contribution in [-0.4, -0.2) is 10.0 Å². The zero-order valence-electron chi connectivity index (χ0n) is 11.3. The van der Waals surface area contributed by atoms with Crippen LogP contribution in [-0.2, 0) is 6.61 Å². The van der Waals surface area contributed by atoms with Gasteiger partial charge in [0.05, 0.1) is 11.0 Å². The third-order valence-electron chi connectivity index (χ3n) is 2.99. The molecule has 2 aromatic carbocycles. The Labute approximate surface area is 130 Å². The fourth-order valence-electron chi connectivity index (χ4n) is 1.84. The number of aliphatic hydroxyl groups is 1. The van der Waals surface area contributed by atoms with Crippen molar-refractivity contribution in [2.24, 2.45) is 0 Å². The third kappa shape index (κ3) is 3.80. The van der Waals surface area contributed by atoms with Crippen molar-refractivity contribution in [1.82, 2.24) is 0 Å². The molecule has 0 bridgehead atoms. The van der Waals surface area contributed by atoms with Crippen LogP contribution in [0, 0.1) is 10.1 Å². The first-order valence-corrected chi connectivity index (χ1v) is 7.11. The standard InChI is InChI=1S/C15H14BrNO4/c1-10(18)11-4-2-6-13(8-11)21-9-12-5-3-7-14(15(12)16)17(19)20/h2-8,10,18H,9H2,1H3. The van der Waals surface area contributed by atoms with Crippen LogP contribution >= 0.6 is 15.9 Å². The summed E-state index contributed by atoms with van der Waals surface area (Å²) in [6, 6.07) is 11.9. The van der Waals surface area contributed by atoms with E-state index in [2.05, 4.69) is 15.9 Å². The van der Waals surface area contributed by atoms with Gasteiger partial charge in [-0.2, -0.15) is 0 Å². The van der Waals surface area contributed by atoms with E-state index in [-0.39, 0.29) is 12.3 Å². The number of rotatable bonds is 5.